The lowest BCUT2D eigenvalue weighted by Gasteiger charge is -2.12. The van der Waals surface area contributed by atoms with Gasteiger partial charge in [-0.15, -0.1) is 4.43 Å². The molecule has 0 atom stereocenters. The van der Waals surface area contributed by atoms with Crippen molar-refractivity contribution in [3.8, 4) is 0 Å². The molecule has 0 saturated carbocycles. The maximum atomic E-state index is 2.41. The van der Waals surface area contributed by atoms with Crippen molar-refractivity contribution in [3.05, 3.63) is 30.3 Å². The molecule has 0 nitrogen and oxygen atoms in total. The predicted molar refractivity (Wildman–Crippen MR) is 108 cm³/mol. The summed E-state index contributed by atoms with van der Waals surface area (Å²) in [7, 11) is 0. The van der Waals surface area contributed by atoms with Crippen molar-refractivity contribution in [1.82, 2.24) is 0 Å². The first-order valence-electron chi connectivity index (χ1n) is 10.4. The van der Waals surface area contributed by atoms with Gasteiger partial charge < -0.3 is 0 Å². The molecule has 0 N–H and O–H groups in total. The molecule has 0 unspecified atom stereocenters. The number of hydrogen-bond acceptors (Lipinski definition) is 0. The molecule has 0 spiro atoms. The molecule has 0 heterocycles. The molecule has 0 fully saturated rings. The van der Waals surface area contributed by atoms with Crippen molar-refractivity contribution in [1.29, 1.82) is 0 Å². The van der Waals surface area contributed by atoms with Gasteiger partial charge in [-0.25, -0.2) is 0 Å². The van der Waals surface area contributed by atoms with E-state index in [4.69, 9.17) is 0 Å². The van der Waals surface area contributed by atoms with Crippen LogP contribution in [0.5, 0.6) is 0 Å². The summed E-state index contributed by atoms with van der Waals surface area (Å²) in [5, 5.41) is 3.07. The minimum atomic E-state index is -0.710. The number of unbranched alkanes of at least 4 members (excludes halogenated alkanes) is 10. The van der Waals surface area contributed by atoms with Crippen molar-refractivity contribution in [2.24, 2.45) is 0 Å². The lowest BCUT2D eigenvalue weighted by molar-refractivity contribution is 0.617. The van der Waals surface area contributed by atoms with Gasteiger partial charge in [0.05, 0.1) is 0 Å². The highest BCUT2D eigenvalue weighted by Gasteiger charge is 2.18. The van der Waals surface area contributed by atoms with Crippen molar-refractivity contribution in [2.45, 2.75) is 101 Å². The van der Waals surface area contributed by atoms with Crippen LogP contribution in [0.4, 0.5) is 0 Å². The van der Waals surface area contributed by atoms with Crippen LogP contribution in [-0.4, -0.2) is 14.1 Å². The normalized spacial score (nSPS) is 10.9. The van der Waals surface area contributed by atoms with Gasteiger partial charge in [0.25, 0.3) is 0 Å². The first-order chi connectivity index (χ1) is 11.4. The van der Waals surface area contributed by atoms with Crippen LogP contribution in [0.1, 0.15) is 90.9 Å². The molecule has 0 amide bonds. The van der Waals surface area contributed by atoms with Crippen LogP contribution >= 0.6 is 0 Å². The zero-order chi connectivity index (χ0) is 16.6. The van der Waals surface area contributed by atoms with Crippen molar-refractivity contribution >= 4 is 18.6 Å². The third-order valence-electron chi connectivity index (χ3n) is 5.08. The monoisotopic (exact) mass is 330 g/mol. The summed E-state index contributed by atoms with van der Waals surface area (Å²) in [6.45, 7) is 4.61. The Hall–Kier alpha value is -0.248. The molecule has 1 rings (SSSR count). The Kier molecular flexibility index (Phi) is 13.8. The topological polar surface area (TPSA) is 0 Å². The van der Waals surface area contributed by atoms with E-state index in [1.54, 1.807) is 4.43 Å². The SMILES string of the molecule is CCCCCCC[CH2][Al]([CH2]CCCCCCC)[c]1ccccc1. The van der Waals surface area contributed by atoms with E-state index >= 15 is 0 Å². The van der Waals surface area contributed by atoms with Crippen LogP contribution in [-0.2, 0) is 0 Å². The van der Waals surface area contributed by atoms with Crippen LogP contribution in [0.25, 0.3) is 0 Å². The lowest BCUT2D eigenvalue weighted by Crippen LogP contribution is -2.29. The molecule has 0 aromatic heterocycles. The second kappa shape index (κ2) is 15.3. The molecule has 130 valence electrons. The van der Waals surface area contributed by atoms with Crippen LogP contribution in [0.3, 0.4) is 0 Å². The summed E-state index contributed by atoms with van der Waals surface area (Å²) < 4.78 is 1.72. The minimum Gasteiger partial charge on any atom is -0.110 e. The fourth-order valence-electron chi connectivity index (χ4n) is 3.55. The van der Waals surface area contributed by atoms with Gasteiger partial charge in [0.15, 0.2) is 0 Å². The van der Waals surface area contributed by atoms with E-state index in [2.05, 4.69) is 44.2 Å². The van der Waals surface area contributed by atoms with Crippen molar-refractivity contribution < 1.29 is 0 Å². The third-order valence-corrected chi connectivity index (χ3v) is 8.62. The standard InChI is InChI=1S/2C8H17.C6H5.Al/c2*1-3-5-7-8-6-4-2;1-2-4-6-5-3-1;/h2*1,3-8H2,2H3;1-5H;. The highest BCUT2D eigenvalue weighted by atomic mass is 27.2. The van der Waals surface area contributed by atoms with Gasteiger partial charge in [-0.2, -0.15) is 0 Å². The van der Waals surface area contributed by atoms with Crippen LogP contribution in [0, 0.1) is 0 Å². The zero-order valence-electron chi connectivity index (χ0n) is 15.9. The summed E-state index contributed by atoms with van der Waals surface area (Å²) in [6, 6.07) is 11.5. The minimum absolute atomic E-state index is 0.710. The van der Waals surface area contributed by atoms with Crippen LogP contribution < -0.4 is 4.43 Å². The Labute approximate surface area is 150 Å². The molecular weight excluding hydrogens is 291 g/mol. The summed E-state index contributed by atoms with van der Waals surface area (Å²) in [4.78, 5) is 0. The molecule has 0 aliphatic rings. The number of rotatable bonds is 15. The Morgan fingerprint density at radius 1 is 0.565 bits per heavy atom. The molecular formula is C22H39Al. The van der Waals surface area contributed by atoms with Gasteiger partial charge in [0.1, 0.15) is 0 Å². The summed E-state index contributed by atoms with van der Waals surface area (Å²) in [5.41, 5.74) is 0. The van der Waals surface area contributed by atoms with E-state index in [9.17, 15) is 0 Å². The molecule has 0 bridgehead atoms. The first kappa shape index (κ1) is 20.8. The van der Waals surface area contributed by atoms with Crippen molar-refractivity contribution in [2.75, 3.05) is 0 Å². The molecule has 0 aliphatic heterocycles. The van der Waals surface area contributed by atoms with E-state index in [1.807, 2.05) is 0 Å². The molecule has 0 aliphatic carbocycles. The van der Waals surface area contributed by atoms with Gasteiger partial charge >= 0.3 is 14.1 Å². The Bertz CT molecular complexity index is 330. The van der Waals surface area contributed by atoms with E-state index in [1.165, 1.54) is 87.6 Å². The van der Waals surface area contributed by atoms with Gasteiger partial charge in [0.2, 0.25) is 0 Å². The molecule has 1 aromatic carbocycles. The molecule has 23 heavy (non-hydrogen) atoms. The van der Waals surface area contributed by atoms with E-state index in [-0.39, 0.29) is 0 Å². The summed E-state index contributed by atoms with van der Waals surface area (Å²) in [6.07, 6.45) is 17.3. The molecule has 1 heteroatoms. The smallest absolute Gasteiger partial charge is 0.110 e. The Morgan fingerprint density at radius 3 is 1.48 bits per heavy atom. The zero-order valence-corrected chi connectivity index (χ0v) is 17.0. The van der Waals surface area contributed by atoms with Gasteiger partial charge in [0, 0.05) is 0 Å². The van der Waals surface area contributed by atoms with E-state index in [0.717, 1.165) is 0 Å². The quantitative estimate of drug-likeness (QED) is 0.237. The molecule has 1 aromatic rings. The average molecular weight is 331 g/mol. The van der Waals surface area contributed by atoms with Crippen molar-refractivity contribution in [3.63, 3.8) is 0 Å². The van der Waals surface area contributed by atoms with Crippen LogP contribution in [0.2, 0.25) is 10.6 Å². The fraction of sp³-hybridized carbons (Fsp3) is 0.727. The maximum absolute atomic E-state index is 2.41. The second-order valence-corrected chi connectivity index (χ2v) is 10.4. The van der Waals surface area contributed by atoms with Gasteiger partial charge in [-0.1, -0.05) is 132 Å². The Balaban J connectivity index is 2.26. The fourth-order valence-corrected chi connectivity index (χ4v) is 6.83. The number of benzene rings is 1. The third kappa shape index (κ3) is 11.0. The maximum Gasteiger partial charge on any atom is 0.305 e. The number of hydrogen-bond donors (Lipinski definition) is 0. The summed E-state index contributed by atoms with van der Waals surface area (Å²) >= 11 is -0.710. The molecule has 0 saturated heterocycles. The van der Waals surface area contributed by atoms with E-state index in [0.29, 0.717) is 0 Å². The molecule has 0 radical (unpaired) electrons. The lowest BCUT2D eigenvalue weighted by atomic mass is 10.1. The highest BCUT2D eigenvalue weighted by molar-refractivity contribution is 6.73. The van der Waals surface area contributed by atoms with Gasteiger partial charge in [-0.05, 0) is 0 Å². The van der Waals surface area contributed by atoms with Crippen LogP contribution in [0.15, 0.2) is 30.3 Å². The Morgan fingerprint density at radius 2 is 1.00 bits per heavy atom. The van der Waals surface area contributed by atoms with Gasteiger partial charge in [-0.3, -0.25) is 0 Å². The second-order valence-electron chi connectivity index (χ2n) is 7.22. The first-order valence-corrected chi connectivity index (χ1v) is 12.6. The summed E-state index contributed by atoms with van der Waals surface area (Å²) in [5.74, 6) is 0. The largest absolute Gasteiger partial charge is 0.305 e. The average Bonchev–Trinajstić information content (AvgIpc) is 2.60. The highest BCUT2D eigenvalue weighted by Crippen LogP contribution is 2.15. The van der Waals surface area contributed by atoms with E-state index < -0.39 is 14.1 Å². The predicted octanol–water partition coefficient (Wildman–Crippen LogP) is 7.11.